The highest BCUT2D eigenvalue weighted by Gasteiger charge is 2.17. The Morgan fingerprint density at radius 3 is 2.61 bits per heavy atom. The average molecular weight is 312 g/mol. The molecule has 1 saturated heterocycles. The molecule has 1 atom stereocenters. The van der Waals surface area contributed by atoms with Crippen LogP contribution in [-0.2, 0) is 9.47 Å². The fourth-order valence-electron chi connectivity index (χ4n) is 2.42. The second-order valence-electron chi connectivity index (χ2n) is 5.31. The summed E-state index contributed by atoms with van der Waals surface area (Å²) in [7, 11) is 0. The molecule has 0 aromatic heterocycles. The molecule has 2 aromatic carbocycles. The number of amides is 1. The molecule has 120 valence electrons. The van der Waals surface area contributed by atoms with Gasteiger partial charge in [-0.15, -0.1) is 0 Å². The molecular weight excluding hydrogens is 292 g/mol. The minimum Gasteiger partial charge on any atom is -0.376 e. The van der Waals surface area contributed by atoms with Crippen LogP contribution in [0.4, 0.5) is 11.4 Å². The van der Waals surface area contributed by atoms with Crippen molar-refractivity contribution in [1.82, 2.24) is 5.32 Å². The van der Waals surface area contributed by atoms with Crippen LogP contribution in [0.2, 0.25) is 0 Å². The van der Waals surface area contributed by atoms with Crippen LogP contribution >= 0.6 is 0 Å². The van der Waals surface area contributed by atoms with Gasteiger partial charge in [-0.05, 0) is 24.3 Å². The Morgan fingerprint density at radius 2 is 1.83 bits per heavy atom. The van der Waals surface area contributed by atoms with Crippen molar-refractivity contribution in [3.05, 3.63) is 60.2 Å². The Morgan fingerprint density at radius 1 is 1.04 bits per heavy atom. The largest absolute Gasteiger partial charge is 0.376 e. The maximum Gasteiger partial charge on any atom is 0.253 e. The van der Waals surface area contributed by atoms with E-state index < -0.39 is 0 Å². The fourth-order valence-corrected chi connectivity index (χ4v) is 2.42. The van der Waals surface area contributed by atoms with Crippen molar-refractivity contribution in [3.63, 3.8) is 0 Å². The highest BCUT2D eigenvalue weighted by Crippen LogP contribution is 2.20. The zero-order valence-electron chi connectivity index (χ0n) is 12.8. The number of benzene rings is 2. The summed E-state index contributed by atoms with van der Waals surface area (Å²) in [5, 5.41) is 6.19. The first-order valence-corrected chi connectivity index (χ1v) is 7.71. The maximum atomic E-state index is 12.5. The number of nitrogens with one attached hydrogen (secondary N) is 2. The molecule has 0 unspecified atom stereocenters. The summed E-state index contributed by atoms with van der Waals surface area (Å²) >= 11 is 0. The number of carbonyl (C=O) groups is 1. The summed E-state index contributed by atoms with van der Waals surface area (Å²) in [4.78, 5) is 12.5. The number of rotatable bonds is 5. The molecule has 2 N–H and O–H groups in total. The topological polar surface area (TPSA) is 59.6 Å². The average Bonchev–Trinajstić information content (AvgIpc) is 2.62. The lowest BCUT2D eigenvalue weighted by Gasteiger charge is -2.23. The van der Waals surface area contributed by atoms with E-state index in [1.807, 2.05) is 48.5 Å². The van der Waals surface area contributed by atoms with Crippen molar-refractivity contribution < 1.29 is 14.3 Å². The monoisotopic (exact) mass is 312 g/mol. The van der Waals surface area contributed by atoms with E-state index in [2.05, 4.69) is 10.6 Å². The quantitative estimate of drug-likeness (QED) is 0.891. The van der Waals surface area contributed by atoms with Gasteiger partial charge in [0.25, 0.3) is 5.91 Å². The van der Waals surface area contributed by atoms with E-state index in [0.717, 1.165) is 11.4 Å². The third kappa shape index (κ3) is 4.31. The Kier molecular flexibility index (Phi) is 5.24. The van der Waals surface area contributed by atoms with Gasteiger partial charge in [0.05, 0.1) is 37.2 Å². The smallest absolute Gasteiger partial charge is 0.253 e. The SMILES string of the molecule is O=C(NC[C@@H]1COCCO1)c1ccccc1Nc1ccccc1. The van der Waals surface area contributed by atoms with Gasteiger partial charge in [-0.2, -0.15) is 0 Å². The van der Waals surface area contributed by atoms with E-state index in [-0.39, 0.29) is 12.0 Å². The first kappa shape index (κ1) is 15.5. The molecular formula is C18H20N2O3. The summed E-state index contributed by atoms with van der Waals surface area (Å²) in [5.41, 5.74) is 2.32. The molecule has 0 bridgehead atoms. The minimum atomic E-state index is -0.127. The molecule has 23 heavy (non-hydrogen) atoms. The van der Waals surface area contributed by atoms with E-state index in [9.17, 15) is 4.79 Å². The predicted molar refractivity (Wildman–Crippen MR) is 89.1 cm³/mol. The van der Waals surface area contributed by atoms with Crippen molar-refractivity contribution in [1.29, 1.82) is 0 Å². The van der Waals surface area contributed by atoms with Crippen LogP contribution < -0.4 is 10.6 Å². The molecule has 2 aromatic rings. The van der Waals surface area contributed by atoms with Crippen molar-refractivity contribution in [3.8, 4) is 0 Å². The van der Waals surface area contributed by atoms with Crippen LogP contribution in [0.15, 0.2) is 54.6 Å². The Balaban J connectivity index is 1.65. The van der Waals surface area contributed by atoms with Gasteiger partial charge in [0.15, 0.2) is 0 Å². The van der Waals surface area contributed by atoms with E-state index in [4.69, 9.17) is 9.47 Å². The lowest BCUT2D eigenvalue weighted by atomic mass is 10.1. The van der Waals surface area contributed by atoms with Crippen LogP contribution in [0.3, 0.4) is 0 Å². The fraction of sp³-hybridized carbons (Fsp3) is 0.278. The van der Waals surface area contributed by atoms with Crippen LogP contribution in [-0.4, -0.2) is 38.4 Å². The molecule has 1 aliphatic rings. The van der Waals surface area contributed by atoms with Gasteiger partial charge in [-0.25, -0.2) is 0 Å². The zero-order chi connectivity index (χ0) is 15.9. The second kappa shape index (κ2) is 7.76. The number of ether oxygens (including phenoxy) is 2. The highest BCUT2D eigenvalue weighted by molar-refractivity contribution is 6.00. The molecule has 1 fully saturated rings. The second-order valence-corrected chi connectivity index (χ2v) is 5.31. The first-order valence-electron chi connectivity index (χ1n) is 7.71. The van der Waals surface area contributed by atoms with Gasteiger partial charge in [0.1, 0.15) is 0 Å². The molecule has 1 heterocycles. The Bertz CT molecular complexity index is 640. The number of hydrogen-bond donors (Lipinski definition) is 2. The van der Waals surface area contributed by atoms with Crippen molar-refractivity contribution in [2.75, 3.05) is 31.7 Å². The van der Waals surface area contributed by atoms with Gasteiger partial charge in [0.2, 0.25) is 0 Å². The number of carbonyl (C=O) groups excluding carboxylic acids is 1. The summed E-state index contributed by atoms with van der Waals surface area (Å²) in [6.45, 7) is 2.16. The molecule has 5 heteroatoms. The minimum absolute atomic E-state index is 0.0815. The molecule has 0 saturated carbocycles. The standard InChI is InChI=1S/C18H20N2O3/c21-18(19-12-15-13-22-10-11-23-15)16-8-4-5-9-17(16)20-14-6-2-1-3-7-14/h1-9,15,20H,10-13H2,(H,19,21)/t15-/m1/s1. The number of para-hydroxylation sites is 2. The molecule has 5 nitrogen and oxygen atoms in total. The van der Waals surface area contributed by atoms with Gasteiger partial charge < -0.3 is 20.1 Å². The Hall–Kier alpha value is -2.37. The van der Waals surface area contributed by atoms with Gasteiger partial charge in [0, 0.05) is 12.2 Å². The summed E-state index contributed by atoms with van der Waals surface area (Å²) in [6.07, 6.45) is -0.0815. The molecule has 0 aliphatic carbocycles. The highest BCUT2D eigenvalue weighted by atomic mass is 16.6. The van der Waals surface area contributed by atoms with Crippen molar-refractivity contribution >= 4 is 17.3 Å². The third-order valence-corrected chi connectivity index (χ3v) is 3.60. The van der Waals surface area contributed by atoms with Crippen LogP contribution in [0, 0.1) is 0 Å². The predicted octanol–water partition coefficient (Wildman–Crippen LogP) is 2.58. The number of hydrogen-bond acceptors (Lipinski definition) is 4. The lowest BCUT2D eigenvalue weighted by molar-refractivity contribution is -0.0855. The zero-order valence-corrected chi connectivity index (χ0v) is 12.8. The summed E-state index contributed by atoms with van der Waals surface area (Å²) < 4.78 is 10.9. The molecule has 0 radical (unpaired) electrons. The van der Waals surface area contributed by atoms with Crippen LogP contribution in [0.1, 0.15) is 10.4 Å². The number of anilines is 2. The van der Waals surface area contributed by atoms with Crippen molar-refractivity contribution in [2.24, 2.45) is 0 Å². The molecule has 3 rings (SSSR count). The lowest BCUT2D eigenvalue weighted by Crippen LogP contribution is -2.39. The van der Waals surface area contributed by atoms with E-state index >= 15 is 0 Å². The van der Waals surface area contributed by atoms with E-state index in [1.165, 1.54) is 0 Å². The van der Waals surface area contributed by atoms with Crippen molar-refractivity contribution in [2.45, 2.75) is 6.10 Å². The summed E-state index contributed by atoms with van der Waals surface area (Å²) in [6, 6.07) is 17.2. The molecule has 1 aliphatic heterocycles. The summed E-state index contributed by atoms with van der Waals surface area (Å²) in [5.74, 6) is -0.127. The molecule has 1 amide bonds. The van der Waals surface area contributed by atoms with Gasteiger partial charge >= 0.3 is 0 Å². The van der Waals surface area contributed by atoms with E-state index in [0.29, 0.717) is 31.9 Å². The molecule has 0 spiro atoms. The van der Waals surface area contributed by atoms with Crippen LogP contribution in [0.5, 0.6) is 0 Å². The van der Waals surface area contributed by atoms with E-state index in [1.54, 1.807) is 6.07 Å². The van der Waals surface area contributed by atoms with Gasteiger partial charge in [-0.3, -0.25) is 4.79 Å². The Labute approximate surface area is 135 Å². The maximum absolute atomic E-state index is 12.5. The normalized spacial score (nSPS) is 17.5. The first-order chi connectivity index (χ1) is 11.3. The third-order valence-electron chi connectivity index (χ3n) is 3.60. The van der Waals surface area contributed by atoms with Crippen LogP contribution in [0.25, 0.3) is 0 Å². The van der Waals surface area contributed by atoms with Gasteiger partial charge in [-0.1, -0.05) is 30.3 Å².